The second-order valence-electron chi connectivity index (χ2n) is 7.23. The molecule has 1 aromatic heterocycles. The Morgan fingerprint density at radius 3 is 2.50 bits per heavy atom. The van der Waals surface area contributed by atoms with Gasteiger partial charge in [-0.3, -0.25) is 0 Å². The Morgan fingerprint density at radius 2 is 1.83 bits per heavy atom. The third kappa shape index (κ3) is 3.70. The molecule has 0 bridgehead atoms. The van der Waals surface area contributed by atoms with Crippen molar-refractivity contribution in [3.63, 3.8) is 0 Å². The van der Waals surface area contributed by atoms with Crippen LogP contribution in [-0.4, -0.2) is 18.4 Å². The molecule has 30 heavy (non-hydrogen) atoms. The predicted octanol–water partition coefficient (Wildman–Crippen LogP) is 3.20. The molecule has 1 aliphatic carbocycles. The van der Waals surface area contributed by atoms with Crippen molar-refractivity contribution in [3.8, 4) is 6.07 Å². The normalized spacial score (nSPS) is 12.5. The average Bonchev–Trinajstić information content (AvgIpc) is 2.66. The largest absolute Gasteiger partial charge is 0.340 e. The number of nitriles is 1. The number of nitrogens with zero attached hydrogens (tertiary/aromatic N) is 3. The first-order valence-electron chi connectivity index (χ1n) is 9.32. The number of sulfonamides is 1. The lowest BCUT2D eigenvalue weighted by Crippen LogP contribution is -2.14. The second-order valence-corrected chi connectivity index (χ2v) is 8.76. The van der Waals surface area contributed by atoms with Crippen molar-refractivity contribution in [1.82, 2.24) is 9.97 Å². The molecule has 4 rings (SSSR count). The lowest BCUT2D eigenvalue weighted by Gasteiger charge is -2.24. The summed E-state index contributed by atoms with van der Waals surface area (Å²) in [5, 5.41) is 20.9. The molecule has 1 heterocycles. The number of aryl methyl sites for hydroxylation is 2. The Morgan fingerprint density at radius 1 is 1.07 bits per heavy atom. The number of hydrogen-bond acceptors (Lipinski definition) is 7. The number of benzene rings is 2. The number of fused-ring (bicyclic) bond motifs is 1. The number of nitrogens with two attached hydrogens (primary N) is 1. The van der Waals surface area contributed by atoms with Gasteiger partial charge in [0.05, 0.1) is 16.5 Å². The smallest absolute Gasteiger partial charge is 0.238 e. The molecule has 0 radical (unpaired) electrons. The molecular formula is C21H20N6O2S. The molecule has 3 aromatic rings. The predicted molar refractivity (Wildman–Crippen MR) is 114 cm³/mol. The van der Waals surface area contributed by atoms with Gasteiger partial charge in [-0.15, -0.1) is 0 Å². The average molecular weight is 420 g/mol. The van der Waals surface area contributed by atoms with E-state index in [2.05, 4.69) is 26.7 Å². The zero-order valence-corrected chi connectivity index (χ0v) is 17.3. The first-order chi connectivity index (χ1) is 14.3. The molecule has 0 unspecified atom stereocenters. The summed E-state index contributed by atoms with van der Waals surface area (Å²) in [5.74, 6) is 0.949. The Bertz CT molecular complexity index is 1310. The lowest BCUT2D eigenvalue weighted by atomic mass is 9.83. The van der Waals surface area contributed by atoms with E-state index in [-0.39, 0.29) is 4.90 Å². The van der Waals surface area contributed by atoms with E-state index >= 15 is 0 Å². The highest BCUT2D eigenvalue weighted by Crippen LogP contribution is 2.35. The molecule has 4 N–H and O–H groups in total. The standard InChI is InChI=1S/C21H20N6O2S/c1-12-3-5-15(9-19(12)30(23,28)29)25-21-24-11-13(2)20(27-21)26-18-8-4-14(10-22)16-6-7-17(16)18/h3-5,8-9,11H,6-7H2,1-2H3,(H2,23,28,29)(H2,24,25,26,27). The summed E-state index contributed by atoms with van der Waals surface area (Å²) in [5.41, 5.74) is 5.80. The molecule has 1 aliphatic rings. The van der Waals surface area contributed by atoms with Gasteiger partial charge in [0.1, 0.15) is 5.82 Å². The van der Waals surface area contributed by atoms with Crippen molar-refractivity contribution >= 4 is 33.2 Å². The summed E-state index contributed by atoms with van der Waals surface area (Å²) in [6.45, 7) is 3.58. The molecule has 2 aromatic carbocycles. The number of aromatic nitrogens is 2. The number of hydrogen-bond donors (Lipinski definition) is 3. The molecule has 0 aliphatic heterocycles. The highest BCUT2D eigenvalue weighted by molar-refractivity contribution is 7.89. The zero-order valence-electron chi connectivity index (χ0n) is 16.5. The quantitative estimate of drug-likeness (QED) is 0.577. The van der Waals surface area contributed by atoms with Crippen molar-refractivity contribution < 1.29 is 8.42 Å². The number of nitrogens with one attached hydrogen (secondary N) is 2. The Labute approximate surface area is 174 Å². The van der Waals surface area contributed by atoms with Crippen LogP contribution in [-0.2, 0) is 22.9 Å². The molecule has 0 saturated heterocycles. The van der Waals surface area contributed by atoms with Crippen molar-refractivity contribution in [2.24, 2.45) is 5.14 Å². The SMILES string of the molecule is Cc1ccc(Nc2ncc(C)c(Nc3ccc(C#N)c4c3CC4)n2)cc1S(N)(=O)=O. The third-order valence-electron chi connectivity index (χ3n) is 5.15. The van der Waals surface area contributed by atoms with E-state index in [9.17, 15) is 13.7 Å². The van der Waals surface area contributed by atoms with Gasteiger partial charge in [-0.1, -0.05) is 6.07 Å². The fourth-order valence-corrected chi connectivity index (χ4v) is 4.24. The maximum Gasteiger partial charge on any atom is 0.238 e. The Kier molecular flexibility index (Phi) is 4.89. The van der Waals surface area contributed by atoms with Crippen LogP contribution in [0.15, 0.2) is 41.4 Å². The van der Waals surface area contributed by atoms with Crippen LogP contribution in [0.25, 0.3) is 0 Å². The monoisotopic (exact) mass is 420 g/mol. The number of primary sulfonamides is 1. The summed E-state index contributed by atoms with van der Waals surface area (Å²) in [7, 11) is -3.83. The van der Waals surface area contributed by atoms with Crippen molar-refractivity contribution in [2.45, 2.75) is 31.6 Å². The molecule has 0 atom stereocenters. The van der Waals surface area contributed by atoms with Gasteiger partial charge in [-0.05, 0) is 67.6 Å². The summed E-state index contributed by atoms with van der Waals surface area (Å²) in [6.07, 6.45) is 3.51. The van der Waals surface area contributed by atoms with Crippen LogP contribution in [0, 0.1) is 25.2 Å². The van der Waals surface area contributed by atoms with Gasteiger partial charge in [-0.25, -0.2) is 18.5 Å². The van der Waals surface area contributed by atoms with E-state index < -0.39 is 10.0 Å². The molecule has 0 amide bonds. The maximum atomic E-state index is 11.8. The topological polar surface area (TPSA) is 134 Å². The van der Waals surface area contributed by atoms with E-state index in [0.29, 0.717) is 28.6 Å². The first kappa shape index (κ1) is 19.8. The Balaban J connectivity index is 1.62. The van der Waals surface area contributed by atoms with E-state index in [1.165, 1.54) is 6.07 Å². The highest BCUT2D eigenvalue weighted by atomic mass is 32.2. The van der Waals surface area contributed by atoms with Crippen molar-refractivity contribution in [1.29, 1.82) is 5.26 Å². The first-order valence-corrected chi connectivity index (χ1v) is 10.9. The summed E-state index contributed by atoms with van der Waals surface area (Å²) in [6, 6.07) is 10.8. The molecule has 9 heteroatoms. The van der Waals surface area contributed by atoms with Gasteiger partial charge < -0.3 is 10.6 Å². The summed E-state index contributed by atoms with van der Waals surface area (Å²) >= 11 is 0. The van der Waals surface area contributed by atoms with E-state index in [1.54, 1.807) is 25.3 Å². The van der Waals surface area contributed by atoms with Crippen LogP contribution in [0.3, 0.4) is 0 Å². The minimum Gasteiger partial charge on any atom is -0.340 e. The van der Waals surface area contributed by atoms with Crippen molar-refractivity contribution in [3.05, 3.63) is 64.3 Å². The van der Waals surface area contributed by atoms with Gasteiger partial charge in [-0.2, -0.15) is 10.2 Å². The molecule has 0 fully saturated rings. The zero-order chi connectivity index (χ0) is 21.5. The second kappa shape index (κ2) is 7.40. The van der Waals surface area contributed by atoms with E-state index in [1.807, 2.05) is 19.1 Å². The summed E-state index contributed by atoms with van der Waals surface area (Å²) in [4.78, 5) is 8.87. The van der Waals surface area contributed by atoms with Gasteiger partial charge in [0.25, 0.3) is 0 Å². The third-order valence-corrected chi connectivity index (χ3v) is 6.21. The summed E-state index contributed by atoms with van der Waals surface area (Å²) < 4.78 is 23.5. The van der Waals surface area contributed by atoms with E-state index in [4.69, 9.17) is 5.14 Å². The minimum absolute atomic E-state index is 0.0508. The van der Waals surface area contributed by atoms with Gasteiger partial charge in [0.2, 0.25) is 16.0 Å². The van der Waals surface area contributed by atoms with Crippen LogP contribution in [0.5, 0.6) is 0 Å². The van der Waals surface area contributed by atoms with Gasteiger partial charge in [0.15, 0.2) is 0 Å². The minimum atomic E-state index is -3.83. The molecular weight excluding hydrogens is 400 g/mol. The highest BCUT2D eigenvalue weighted by Gasteiger charge is 2.21. The van der Waals surface area contributed by atoms with Gasteiger partial charge in [0, 0.05) is 23.1 Å². The Hall–Kier alpha value is -3.48. The van der Waals surface area contributed by atoms with E-state index in [0.717, 1.165) is 35.2 Å². The van der Waals surface area contributed by atoms with Crippen LogP contribution in [0.1, 0.15) is 27.8 Å². The number of anilines is 4. The molecule has 0 saturated carbocycles. The van der Waals surface area contributed by atoms with Crippen LogP contribution >= 0.6 is 0 Å². The molecule has 8 nitrogen and oxygen atoms in total. The fourth-order valence-electron chi connectivity index (χ4n) is 3.43. The lowest BCUT2D eigenvalue weighted by molar-refractivity contribution is 0.597. The van der Waals surface area contributed by atoms with Crippen LogP contribution in [0.4, 0.5) is 23.1 Å². The van der Waals surface area contributed by atoms with Crippen LogP contribution in [0.2, 0.25) is 0 Å². The molecule has 152 valence electrons. The van der Waals surface area contributed by atoms with Crippen LogP contribution < -0.4 is 15.8 Å². The van der Waals surface area contributed by atoms with Gasteiger partial charge >= 0.3 is 0 Å². The maximum absolute atomic E-state index is 11.8. The molecule has 0 spiro atoms. The van der Waals surface area contributed by atoms with Crippen molar-refractivity contribution in [2.75, 3.05) is 10.6 Å². The number of rotatable bonds is 5. The fraction of sp³-hybridized carbons (Fsp3) is 0.190.